The molecule has 0 radical (unpaired) electrons. The minimum absolute atomic E-state index is 0.568. The first-order chi connectivity index (χ1) is 5.90. The fourth-order valence-corrected chi connectivity index (χ4v) is 1.06. The van der Waals surface area contributed by atoms with Crippen LogP contribution in [0, 0.1) is 0 Å². The molecule has 1 aromatic rings. The number of fused-ring (bicyclic) bond motifs is 1. The van der Waals surface area contributed by atoms with Crippen LogP contribution < -0.4 is 9.47 Å². The molecule has 0 aliphatic carbocycles. The van der Waals surface area contributed by atoms with Gasteiger partial charge in [0.2, 0.25) is 0 Å². The SMILES string of the molecule is C=Cc1ccc2c(n1)OCCO2. The van der Waals surface area contributed by atoms with Gasteiger partial charge >= 0.3 is 0 Å². The number of rotatable bonds is 1. The van der Waals surface area contributed by atoms with Crippen LogP contribution in [0.3, 0.4) is 0 Å². The van der Waals surface area contributed by atoms with Crippen molar-refractivity contribution >= 4 is 6.08 Å². The lowest BCUT2D eigenvalue weighted by molar-refractivity contribution is 0.164. The number of pyridine rings is 1. The Morgan fingerprint density at radius 2 is 2.17 bits per heavy atom. The molecule has 12 heavy (non-hydrogen) atoms. The summed E-state index contributed by atoms with van der Waals surface area (Å²) in [6, 6.07) is 3.69. The largest absolute Gasteiger partial charge is 0.484 e. The van der Waals surface area contributed by atoms with E-state index in [0.717, 1.165) is 5.69 Å². The van der Waals surface area contributed by atoms with Crippen molar-refractivity contribution in [3.8, 4) is 11.6 Å². The summed E-state index contributed by atoms with van der Waals surface area (Å²) in [6.45, 7) is 4.79. The Balaban J connectivity index is 2.42. The van der Waals surface area contributed by atoms with Crippen molar-refractivity contribution in [2.24, 2.45) is 0 Å². The van der Waals surface area contributed by atoms with E-state index in [4.69, 9.17) is 9.47 Å². The lowest BCUT2D eigenvalue weighted by Gasteiger charge is -2.16. The molecule has 0 amide bonds. The van der Waals surface area contributed by atoms with E-state index in [0.29, 0.717) is 24.8 Å². The maximum Gasteiger partial charge on any atom is 0.257 e. The van der Waals surface area contributed by atoms with E-state index < -0.39 is 0 Å². The van der Waals surface area contributed by atoms with Crippen molar-refractivity contribution in [3.05, 3.63) is 24.4 Å². The first kappa shape index (κ1) is 7.16. The summed E-state index contributed by atoms with van der Waals surface area (Å²) in [5.41, 5.74) is 0.805. The molecule has 62 valence electrons. The van der Waals surface area contributed by atoms with Gasteiger partial charge in [0.05, 0.1) is 5.69 Å². The van der Waals surface area contributed by atoms with E-state index in [2.05, 4.69) is 11.6 Å². The molecule has 1 aliphatic heterocycles. The van der Waals surface area contributed by atoms with Gasteiger partial charge in [0, 0.05) is 0 Å². The first-order valence-corrected chi connectivity index (χ1v) is 3.79. The Morgan fingerprint density at radius 1 is 1.33 bits per heavy atom. The minimum atomic E-state index is 0.568. The topological polar surface area (TPSA) is 31.4 Å². The van der Waals surface area contributed by atoms with Crippen LogP contribution in [0.1, 0.15) is 5.69 Å². The van der Waals surface area contributed by atoms with Crippen molar-refractivity contribution in [1.29, 1.82) is 0 Å². The van der Waals surface area contributed by atoms with Crippen LogP contribution in [-0.4, -0.2) is 18.2 Å². The van der Waals surface area contributed by atoms with E-state index in [9.17, 15) is 0 Å². The molecule has 2 rings (SSSR count). The van der Waals surface area contributed by atoms with Crippen molar-refractivity contribution in [2.45, 2.75) is 0 Å². The highest BCUT2D eigenvalue weighted by atomic mass is 16.6. The monoisotopic (exact) mass is 163 g/mol. The quantitative estimate of drug-likeness (QED) is 0.628. The van der Waals surface area contributed by atoms with Crippen LogP contribution in [-0.2, 0) is 0 Å². The Morgan fingerprint density at radius 3 is 3.00 bits per heavy atom. The second-order valence-electron chi connectivity index (χ2n) is 2.44. The van der Waals surface area contributed by atoms with Crippen molar-refractivity contribution in [2.75, 3.05) is 13.2 Å². The van der Waals surface area contributed by atoms with Gasteiger partial charge in [-0.1, -0.05) is 6.58 Å². The molecule has 0 atom stereocenters. The first-order valence-electron chi connectivity index (χ1n) is 3.79. The van der Waals surface area contributed by atoms with Gasteiger partial charge in [-0.05, 0) is 18.2 Å². The van der Waals surface area contributed by atoms with Gasteiger partial charge in [-0.15, -0.1) is 0 Å². The predicted octanol–water partition coefficient (Wildman–Crippen LogP) is 1.50. The predicted molar refractivity (Wildman–Crippen MR) is 45.3 cm³/mol. The highest BCUT2D eigenvalue weighted by Gasteiger charge is 2.11. The maximum atomic E-state index is 5.30. The third-order valence-electron chi connectivity index (χ3n) is 1.64. The van der Waals surface area contributed by atoms with E-state index in [1.165, 1.54) is 0 Å². The summed E-state index contributed by atoms with van der Waals surface area (Å²) in [7, 11) is 0. The van der Waals surface area contributed by atoms with Gasteiger partial charge in [-0.3, -0.25) is 0 Å². The van der Waals surface area contributed by atoms with Crippen molar-refractivity contribution in [1.82, 2.24) is 4.98 Å². The minimum Gasteiger partial charge on any atom is -0.484 e. The van der Waals surface area contributed by atoms with Gasteiger partial charge in [0.15, 0.2) is 5.75 Å². The molecule has 0 saturated heterocycles. The zero-order chi connectivity index (χ0) is 8.39. The molecule has 1 aromatic heterocycles. The number of hydrogen-bond acceptors (Lipinski definition) is 3. The summed E-state index contributed by atoms with van der Waals surface area (Å²) in [4.78, 5) is 4.17. The third kappa shape index (κ3) is 1.13. The summed E-state index contributed by atoms with van der Waals surface area (Å²) < 4.78 is 10.6. The molecule has 0 aromatic carbocycles. The van der Waals surface area contributed by atoms with E-state index in [1.54, 1.807) is 6.08 Å². The molecular formula is C9H9NO2. The number of aromatic nitrogens is 1. The second kappa shape index (κ2) is 2.85. The van der Waals surface area contributed by atoms with Crippen LogP contribution in [0.5, 0.6) is 11.6 Å². The second-order valence-corrected chi connectivity index (χ2v) is 2.44. The standard InChI is InChI=1S/C9H9NO2/c1-2-7-3-4-8-9(10-7)12-6-5-11-8/h2-4H,1,5-6H2. The fourth-order valence-electron chi connectivity index (χ4n) is 1.06. The average molecular weight is 163 g/mol. The van der Waals surface area contributed by atoms with Gasteiger partial charge in [0.25, 0.3) is 5.88 Å². The van der Waals surface area contributed by atoms with E-state index >= 15 is 0 Å². The molecular weight excluding hydrogens is 154 g/mol. The molecule has 1 aliphatic rings. The molecule has 0 unspecified atom stereocenters. The van der Waals surface area contributed by atoms with Crippen molar-refractivity contribution < 1.29 is 9.47 Å². The smallest absolute Gasteiger partial charge is 0.257 e. The van der Waals surface area contributed by atoms with Crippen LogP contribution in [0.25, 0.3) is 6.08 Å². The Labute approximate surface area is 70.6 Å². The molecule has 0 bridgehead atoms. The van der Waals surface area contributed by atoms with E-state index in [-0.39, 0.29) is 0 Å². The summed E-state index contributed by atoms with van der Waals surface area (Å²) in [5.74, 6) is 1.28. The molecule has 0 spiro atoms. The van der Waals surface area contributed by atoms with Crippen LogP contribution >= 0.6 is 0 Å². The average Bonchev–Trinajstić information content (AvgIpc) is 2.17. The molecule has 0 fully saturated rings. The number of ether oxygens (including phenoxy) is 2. The zero-order valence-corrected chi connectivity index (χ0v) is 6.62. The lowest BCUT2D eigenvalue weighted by atomic mass is 10.3. The highest BCUT2D eigenvalue weighted by Crippen LogP contribution is 2.27. The van der Waals surface area contributed by atoms with Gasteiger partial charge in [-0.2, -0.15) is 0 Å². The number of hydrogen-bond donors (Lipinski definition) is 0. The molecule has 0 saturated carbocycles. The maximum absolute atomic E-state index is 5.30. The number of nitrogens with zero attached hydrogens (tertiary/aromatic N) is 1. The van der Waals surface area contributed by atoms with Crippen molar-refractivity contribution in [3.63, 3.8) is 0 Å². The highest BCUT2D eigenvalue weighted by molar-refractivity contribution is 5.47. The molecule has 3 nitrogen and oxygen atoms in total. The Bertz CT molecular complexity index is 309. The summed E-state index contributed by atoms with van der Waals surface area (Å²) >= 11 is 0. The summed E-state index contributed by atoms with van der Waals surface area (Å²) in [6.07, 6.45) is 1.68. The molecule has 3 heteroatoms. The third-order valence-corrected chi connectivity index (χ3v) is 1.64. The normalized spacial score (nSPS) is 14.0. The molecule has 0 N–H and O–H groups in total. The van der Waals surface area contributed by atoms with Gasteiger partial charge < -0.3 is 9.47 Å². The van der Waals surface area contributed by atoms with Gasteiger partial charge in [0.1, 0.15) is 13.2 Å². The van der Waals surface area contributed by atoms with E-state index in [1.807, 2.05) is 12.1 Å². The van der Waals surface area contributed by atoms with Crippen LogP contribution in [0.2, 0.25) is 0 Å². The Kier molecular flexibility index (Phi) is 1.70. The lowest BCUT2D eigenvalue weighted by Crippen LogP contribution is -2.16. The van der Waals surface area contributed by atoms with Crippen LogP contribution in [0.15, 0.2) is 18.7 Å². The molecule has 2 heterocycles. The summed E-state index contributed by atoms with van der Waals surface area (Å²) in [5, 5.41) is 0. The van der Waals surface area contributed by atoms with Gasteiger partial charge in [-0.25, -0.2) is 4.98 Å². The Hall–Kier alpha value is -1.51. The zero-order valence-electron chi connectivity index (χ0n) is 6.62. The van der Waals surface area contributed by atoms with Crippen LogP contribution in [0.4, 0.5) is 0 Å². The fraction of sp³-hybridized carbons (Fsp3) is 0.222.